The van der Waals surface area contributed by atoms with Crippen molar-refractivity contribution in [1.29, 1.82) is 0 Å². The molecule has 6 heteroatoms. The van der Waals surface area contributed by atoms with Gasteiger partial charge in [-0.2, -0.15) is 0 Å². The van der Waals surface area contributed by atoms with E-state index >= 15 is 0 Å². The molecule has 0 bridgehead atoms. The van der Waals surface area contributed by atoms with Gasteiger partial charge in [0, 0.05) is 13.7 Å². The molecular formula is C9H15NO5. The predicted octanol–water partition coefficient (Wildman–Crippen LogP) is 0.342. The molecule has 0 aromatic carbocycles. The Kier molecular flexibility index (Phi) is 7.00. The van der Waals surface area contributed by atoms with Crippen LogP contribution in [0.2, 0.25) is 0 Å². The van der Waals surface area contributed by atoms with Gasteiger partial charge in [-0.25, -0.2) is 4.79 Å². The van der Waals surface area contributed by atoms with Crippen molar-refractivity contribution in [3.63, 3.8) is 0 Å². The zero-order valence-electron chi connectivity index (χ0n) is 8.64. The summed E-state index contributed by atoms with van der Waals surface area (Å²) in [6.07, 6.45) is 0.724. The number of nitrogens with zero attached hydrogens (tertiary/aromatic N) is 1. The molecule has 0 aliphatic carbocycles. The van der Waals surface area contributed by atoms with E-state index in [4.69, 9.17) is 14.6 Å². The maximum Gasteiger partial charge on any atom is 0.410 e. The zero-order chi connectivity index (χ0) is 11.7. The minimum absolute atomic E-state index is 0.0575. The molecule has 86 valence electrons. The molecule has 15 heavy (non-hydrogen) atoms. The molecule has 0 aliphatic rings. The molecule has 0 fully saturated rings. The number of carboxylic acid groups (broad SMARTS) is 1. The smallest absolute Gasteiger partial charge is 0.410 e. The molecule has 1 amide bonds. The largest absolute Gasteiger partial charge is 0.480 e. The van der Waals surface area contributed by atoms with E-state index in [9.17, 15) is 9.59 Å². The molecule has 0 heterocycles. The molecule has 0 saturated carbocycles. The van der Waals surface area contributed by atoms with Crippen LogP contribution in [0.3, 0.4) is 0 Å². The molecule has 0 aromatic heterocycles. The second kappa shape index (κ2) is 7.81. The highest BCUT2D eigenvalue weighted by molar-refractivity contribution is 5.76. The molecule has 0 aromatic rings. The fourth-order valence-corrected chi connectivity index (χ4v) is 0.821. The summed E-state index contributed by atoms with van der Waals surface area (Å²) in [6.45, 7) is 3.47. The Morgan fingerprint density at radius 2 is 2.20 bits per heavy atom. The van der Waals surface area contributed by atoms with Crippen molar-refractivity contribution in [2.45, 2.75) is 0 Å². The van der Waals surface area contributed by atoms with Crippen molar-refractivity contribution in [1.82, 2.24) is 4.90 Å². The summed E-state index contributed by atoms with van der Waals surface area (Å²) < 4.78 is 9.45. The first kappa shape index (κ1) is 13.4. The van der Waals surface area contributed by atoms with Gasteiger partial charge in [-0.1, -0.05) is 12.7 Å². The third-order valence-corrected chi connectivity index (χ3v) is 1.47. The minimum Gasteiger partial charge on any atom is -0.480 e. The van der Waals surface area contributed by atoms with Crippen LogP contribution in [0.1, 0.15) is 0 Å². The molecule has 1 N–H and O–H groups in total. The van der Waals surface area contributed by atoms with E-state index in [1.165, 1.54) is 13.2 Å². The van der Waals surface area contributed by atoms with Crippen molar-refractivity contribution >= 4 is 12.1 Å². The average molecular weight is 217 g/mol. The normalized spacial score (nSPS) is 9.40. The maximum atomic E-state index is 11.3. The number of ether oxygens (including phenoxy) is 2. The highest BCUT2D eigenvalue weighted by Crippen LogP contribution is 1.94. The lowest BCUT2D eigenvalue weighted by atomic mass is 10.5. The molecular weight excluding hydrogens is 202 g/mol. The van der Waals surface area contributed by atoms with Gasteiger partial charge in [-0.15, -0.1) is 0 Å². The van der Waals surface area contributed by atoms with Gasteiger partial charge in [0.15, 0.2) is 0 Å². The summed E-state index contributed by atoms with van der Waals surface area (Å²) in [5.41, 5.74) is 0. The maximum absolute atomic E-state index is 11.3. The lowest BCUT2D eigenvalue weighted by molar-refractivity contribution is -0.138. The van der Waals surface area contributed by atoms with Gasteiger partial charge in [0.25, 0.3) is 0 Å². The second-order valence-corrected chi connectivity index (χ2v) is 2.67. The first-order valence-corrected chi connectivity index (χ1v) is 4.35. The highest BCUT2D eigenvalue weighted by atomic mass is 16.6. The van der Waals surface area contributed by atoms with E-state index in [1.807, 2.05) is 0 Å². The quantitative estimate of drug-likeness (QED) is 0.622. The van der Waals surface area contributed by atoms with E-state index in [0.717, 1.165) is 4.90 Å². The van der Waals surface area contributed by atoms with Crippen LogP contribution >= 0.6 is 0 Å². The van der Waals surface area contributed by atoms with Crippen LogP contribution in [0.15, 0.2) is 12.7 Å². The zero-order valence-corrected chi connectivity index (χ0v) is 8.64. The Morgan fingerprint density at radius 1 is 1.53 bits per heavy atom. The summed E-state index contributed by atoms with van der Waals surface area (Å²) in [5, 5.41) is 8.55. The van der Waals surface area contributed by atoms with Gasteiger partial charge in [0.1, 0.15) is 13.2 Å². The first-order valence-electron chi connectivity index (χ1n) is 4.35. The van der Waals surface area contributed by atoms with Crippen LogP contribution in [0.4, 0.5) is 4.79 Å². The molecule has 0 saturated heterocycles. The summed E-state index contributed by atoms with van der Waals surface area (Å²) >= 11 is 0. The fraction of sp³-hybridized carbons (Fsp3) is 0.556. The van der Waals surface area contributed by atoms with Crippen LogP contribution in [0.5, 0.6) is 0 Å². The molecule has 0 rings (SSSR count). The van der Waals surface area contributed by atoms with Crippen molar-refractivity contribution in [2.24, 2.45) is 0 Å². The SMILES string of the molecule is C=CCOC(=O)N(CCOC)CC(=O)O. The van der Waals surface area contributed by atoms with Crippen LogP contribution in [-0.4, -0.2) is 55.5 Å². The minimum atomic E-state index is -1.10. The number of carboxylic acids is 1. The van der Waals surface area contributed by atoms with Gasteiger partial charge in [0.05, 0.1) is 6.61 Å². The van der Waals surface area contributed by atoms with Gasteiger partial charge >= 0.3 is 12.1 Å². The van der Waals surface area contributed by atoms with E-state index < -0.39 is 18.6 Å². The topological polar surface area (TPSA) is 76.1 Å². The number of amides is 1. The van der Waals surface area contributed by atoms with Crippen LogP contribution < -0.4 is 0 Å². The third kappa shape index (κ3) is 6.50. The van der Waals surface area contributed by atoms with Crippen molar-refractivity contribution < 1.29 is 24.2 Å². The Labute approximate surface area is 88.1 Å². The standard InChI is InChI=1S/C9H15NO5/c1-3-5-15-9(13)10(4-6-14-2)7-8(11)12/h3H,1,4-7H2,2H3,(H,11,12). The Bertz CT molecular complexity index is 229. The second-order valence-electron chi connectivity index (χ2n) is 2.67. The lowest BCUT2D eigenvalue weighted by Crippen LogP contribution is -2.38. The predicted molar refractivity (Wildman–Crippen MR) is 52.6 cm³/mol. The van der Waals surface area contributed by atoms with Crippen molar-refractivity contribution in [3.8, 4) is 0 Å². The first-order chi connectivity index (χ1) is 7.11. The Morgan fingerprint density at radius 3 is 2.67 bits per heavy atom. The molecule has 0 aliphatic heterocycles. The summed E-state index contributed by atoms with van der Waals surface area (Å²) in [7, 11) is 1.47. The van der Waals surface area contributed by atoms with E-state index in [0.29, 0.717) is 0 Å². The molecule has 0 spiro atoms. The molecule has 6 nitrogen and oxygen atoms in total. The summed E-state index contributed by atoms with van der Waals surface area (Å²) in [6, 6.07) is 0. The summed E-state index contributed by atoms with van der Waals surface area (Å²) in [5.74, 6) is -1.10. The monoisotopic (exact) mass is 217 g/mol. The van der Waals surface area contributed by atoms with Crippen LogP contribution in [0, 0.1) is 0 Å². The average Bonchev–Trinajstić information content (AvgIpc) is 2.20. The number of hydrogen-bond donors (Lipinski definition) is 1. The van der Waals surface area contributed by atoms with Gasteiger partial charge in [0.2, 0.25) is 0 Å². The number of carbonyl (C=O) groups excluding carboxylic acids is 1. The number of carbonyl (C=O) groups is 2. The molecule has 0 atom stereocenters. The fourth-order valence-electron chi connectivity index (χ4n) is 0.821. The third-order valence-electron chi connectivity index (χ3n) is 1.47. The van der Waals surface area contributed by atoms with Crippen molar-refractivity contribution in [3.05, 3.63) is 12.7 Å². The number of aliphatic carboxylic acids is 1. The van der Waals surface area contributed by atoms with E-state index in [1.54, 1.807) is 0 Å². The molecule has 0 unspecified atom stereocenters. The van der Waals surface area contributed by atoms with Gasteiger partial charge in [-0.05, 0) is 0 Å². The van der Waals surface area contributed by atoms with Crippen LogP contribution in [-0.2, 0) is 14.3 Å². The highest BCUT2D eigenvalue weighted by Gasteiger charge is 2.17. The lowest BCUT2D eigenvalue weighted by Gasteiger charge is -2.19. The van der Waals surface area contributed by atoms with Crippen LogP contribution in [0.25, 0.3) is 0 Å². The number of hydrogen-bond acceptors (Lipinski definition) is 4. The van der Waals surface area contributed by atoms with Gasteiger partial charge < -0.3 is 14.6 Å². The molecule has 0 radical (unpaired) electrons. The van der Waals surface area contributed by atoms with E-state index in [-0.39, 0.29) is 19.8 Å². The summed E-state index contributed by atoms with van der Waals surface area (Å²) in [4.78, 5) is 22.8. The van der Waals surface area contributed by atoms with Gasteiger partial charge in [-0.3, -0.25) is 9.69 Å². The Balaban J connectivity index is 4.13. The van der Waals surface area contributed by atoms with E-state index in [2.05, 4.69) is 6.58 Å². The Hall–Kier alpha value is -1.56. The van der Waals surface area contributed by atoms with Crippen molar-refractivity contribution in [2.75, 3.05) is 33.4 Å². The number of methoxy groups -OCH3 is 1. The number of rotatable bonds is 7.